The average molecular weight is 199 g/mol. The minimum atomic E-state index is 0.528. The van der Waals surface area contributed by atoms with Crippen molar-refractivity contribution in [2.24, 2.45) is 7.05 Å². The van der Waals surface area contributed by atoms with Crippen LogP contribution in [0, 0.1) is 11.3 Å². The highest BCUT2D eigenvalue weighted by atomic mass is 16.5. The summed E-state index contributed by atoms with van der Waals surface area (Å²) >= 11 is 0. The largest absolute Gasteiger partial charge is 0.426 e. The third-order valence-corrected chi connectivity index (χ3v) is 1.97. The van der Waals surface area contributed by atoms with Crippen molar-refractivity contribution in [1.82, 2.24) is 9.55 Å². The smallest absolute Gasteiger partial charge is 0.301 e. The highest BCUT2D eigenvalue weighted by molar-refractivity contribution is 5.35. The van der Waals surface area contributed by atoms with Crippen molar-refractivity contribution in [1.29, 1.82) is 5.26 Å². The minimum absolute atomic E-state index is 0.528. The van der Waals surface area contributed by atoms with Crippen LogP contribution in [0.4, 0.5) is 0 Å². The van der Waals surface area contributed by atoms with E-state index in [1.165, 1.54) is 0 Å². The molecule has 0 radical (unpaired) electrons. The van der Waals surface area contributed by atoms with E-state index in [4.69, 9.17) is 10.00 Å². The van der Waals surface area contributed by atoms with Gasteiger partial charge in [-0.15, -0.1) is 0 Å². The summed E-state index contributed by atoms with van der Waals surface area (Å²) in [4.78, 5) is 4.03. The molecule has 0 atom stereocenters. The number of aryl methyl sites for hydroxylation is 1. The molecular weight excluding hydrogens is 190 g/mol. The van der Waals surface area contributed by atoms with Crippen molar-refractivity contribution in [2.75, 3.05) is 0 Å². The maximum atomic E-state index is 8.62. The second kappa shape index (κ2) is 3.84. The van der Waals surface area contributed by atoms with Gasteiger partial charge in [-0.3, -0.25) is 0 Å². The zero-order valence-electron chi connectivity index (χ0n) is 8.21. The predicted octanol–water partition coefficient (Wildman–Crippen LogP) is 2.08. The van der Waals surface area contributed by atoms with Crippen LogP contribution in [0.3, 0.4) is 0 Å². The maximum Gasteiger partial charge on any atom is 0.301 e. The highest BCUT2D eigenvalue weighted by Crippen LogP contribution is 2.18. The number of ether oxygens (including phenoxy) is 1. The van der Waals surface area contributed by atoms with Gasteiger partial charge in [-0.2, -0.15) is 5.26 Å². The van der Waals surface area contributed by atoms with Gasteiger partial charge in [-0.25, -0.2) is 4.98 Å². The molecule has 74 valence electrons. The lowest BCUT2D eigenvalue weighted by atomic mass is 10.2. The molecule has 1 aromatic heterocycles. The van der Waals surface area contributed by atoms with Crippen LogP contribution in [0.1, 0.15) is 5.56 Å². The number of benzene rings is 1. The van der Waals surface area contributed by atoms with Gasteiger partial charge >= 0.3 is 6.01 Å². The lowest BCUT2D eigenvalue weighted by molar-refractivity contribution is 0.425. The van der Waals surface area contributed by atoms with E-state index < -0.39 is 0 Å². The van der Waals surface area contributed by atoms with E-state index in [2.05, 4.69) is 4.98 Å². The molecule has 0 amide bonds. The molecule has 0 unspecified atom stereocenters. The molecule has 15 heavy (non-hydrogen) atoms. The lowest BCUT2D eigenvalue weighted by Crippen LogP contribution is -1.93. The molecule has 0 aliphatic carbocycles. The van der Waals surface area contributed by atoms with Crippen LogP contribution in [0.5, 0.6) is 11.8 Å². The third-order valence-electron chi connectivity index (χ3n) is 1.97. The minimum Gasteiger partial charge on any atom is -0.426 e. The van der Waals surface area contributed by atoms with Gasteiger partial charge in [0.15, 0.2) is 0 Å². The van der Waals surface area contributed by atoms with Gasteiger partial charge in [0.1, 0.15) is 5.75 Å². The quantitative estimate of drug-likeness (QED) is 0.744. The SMILES string of the molecule is Cn1ccnc1Oc1ccc(C#N)cc1. The number of aromatic nitrogens is 2. The molecule has 4 heteroatoms. The summed E-state index contributed by atoms with van der Waals surface area (Å²) in [6, 6.07) is 9.48. The molecule has 0 saturated heterocycles. The Morgan fingerprint density at radius 1 is 1.33 bits per heavy atom. The average Bonchev–Trinajstić information content (AvgIpc) is 2.66. The molecule has 0 N–H and O–H groups in total. The zero-order chi connectivity index (χ0) is 10.7. The molecule has 2 rings (SSSR count). The van der Waals surface area contributed by atoms with Crippen LogP contribution in [0.25, 0.3) is 0 Å². The Labute approximate surface area is 87.4 Å². The van der Waals surface area contributed by atoms with Gasteiger partial charge < -0.3 is 9.30 Å². The highest BCUT2D eigenvalue weighted by Gasteiger charge is 2.01. The first kappa shape index (κ1) is 9.28. The lowest BCUT2D eigenvalue weighted by Gasteiger charge is -2.03. The Balaban J connectivity index is 2.19. The van der Waals surface area contributed by atoms with Crippen molar-refractivity contribution >= 4 is 0 Å². The molecule has 1 heterocycles. The summed E-state index contributed by atoms with van der Waals surface area (Å²) in [6.45, 7) is 0. The van der Waals surface area contributed by atoms with Gasteiger partial charge in [-0.1, -0.05) is 0 Å². The van der Waals surface area contributed by atoms with Crippen LogP contribution in [0.2, 0.25) is 0 Å². The Kier molecular flexibility index (Phi) is 2.38. The fraction of sp³-hybridized carbons (Fsp3) is 0.0909. The molecule has 0 spiro atoms. The zero-order valence-corrected chi connectivity index (χ0v) is 8.21. The van der Waals surface area contributed by atoms with Crippen molar-refractivity contribution in [3.63, 3.8) is 0 Å². The van der Waals surface area contributed by atoms with E-state index >= 15 is 0 Å². The number of imidazole rings is 1. The molecule has 0 fully saturated rings. The first-order valence-corrected chi connectivity index (χ1v) is 4.45. The van der Waals surface area contributed by atoms with Gasteiger partial charge in [0.2, 0.25) is 0 Å². The summed E-state index contributed by atoms with van der Waals surface area (Å²) < 4.78 is 7.27. The summed E-state index contributed by atoms with van der Waals surface area (Å²) in [7, 11) is 1.85. The summed E-state index contributed by atoms with van der Waals surface area (Å²) in [6.07, 6.45) is 3.47. The van der Waals surface area contributed by atoms with Crippen LogP contribution in [-0.4, -0.2) is 9.55 Å². The maximum absolute atomic E-state index is 8.62. The molecule has 2 aromatic rings. The van der Waals surface area contributed by atoms with Gasteiger partial charge in [0, 0.05) is 19.4 Å². The molecule has 0 bridgehead atoms. The van der Waals surface area contributed by atoms with E-state index in [9.17, 15) is 0 Å². The van der Waals surface area contributed by atoms with E-state index in [0.29, 0.717) is 17.3 Å². The topological polar surface area (TPSA) is 50.8 Å². The van der Waals surface area contributed by atoms with Crippen molar-refractivity contribution in [2.45, 2.75) is 0 Å². The van der Waals surface area contributed by atoms with E-state index in [0.717, 1.165) is 0 Å². The molecule has 0 aliphatic rings. The Morgan fingerprint density at radius 2 is 2.07 bits per heavy atom. The normalized spacial score (nSPS) is 9.60. The van der Waals surface area contributed by atoms with Crippen molar-refractivity contribution in [3.05, 3.63) is 42.2 Å². The number of hydrogen-bond acceptors (Lipinski definition) is 3. The van der Waals surface area contributed by atoms with E-state index in [-0.39, 0.29) is 0 Å². The van der Waals surface area contributed by atoms with Gasteiger partial charge in [0.25, 0.3) is 0 Å². The fourth-order valence-electron chi connectivity index (χ4n) is 1.15. The monoisotopic (exact) mass is 199 g/mol. The summed E-state index contributed by atoms with van der Waals surface area (Å²) in [5.41, 5.74) is 0.613. The van der Waals surface area contributed by atoms with E-state index in [1.807, 2.05) is 13.1 Å². The van der Waals surface area contributed by atoms with Crippen molar-refractivity contribution < 1.29 is 4.74 Å². The Morgan fingerprint density at radius 3 is 2.60 bits per heavy atom. The Hall–Kier alpha value is -2.28. The molecule has 4 nitrogen and oxygen atoms in total. The standard InChI is InChI=1S/C11H9N3O/c1-14-7-6-13-11(14)15-10-4-2-9(8-12)3-5-10/h2-7H,1H3. The Bertz CT molecular complexity index is 493. The van der Waals surface area contributed by atoms with Crippen LogP contribution in [-0.2, 0) is 7.05 Å². The second-order valence-corrected chi connectivity index (χ2v) is 3.06. The number of rotatable bonds is 2. The third kappa shape index (κ3) is 1.97. The van der Waals surface area contributed by atoms with Crippen LogP contribution < -0.4 is 4.74 Å². The number of nitrogens with zero attached hydrogens (tertiary/aromatic N) is 3. The molecule has 1 aromatic carbocycles. The van der Waals surface area contributed by atoms with Crippen molar-refractivity contribution in [3.8, 4) is 17.8 Å². The van der Waals surface area contributed by atoms with E-state index in [1.54, 1.807) is 41.2 Å². The first-order chi connectivity index (χ1) is 7.29. The predicted molar refractivity (Wildman–Crippen MR) is 54.4 cm³/mol. The second-order valence-electron chi connectivity index (χ2n) is 3.06. The number of nitriles is 1. The molecular formula is C11H9N3O. The first-order valence-electron chi connectivity index (χ1n) is 4.45. The summed E-state index contributed by atoms with van der Waals surface area (Å²) in [5, 5.41) is 8.62. The van der Waals surface area contributed by atoms with Gasteiger partial charge in [-0.05, 0) is 24.3 Å². The molecule has 0 aliphatic heterocycles. The molecule has 0 saturated carbocycles. The van der Waals surface area contributed by atoms with Crippen LogP contribution in [0.15, 0.2) is 36.7 Å². The number of hydrogen-bond donors (Lipinski definition) is 0. The van der Waals surface area contributed by atoms with Crippen LogP contribution >= 0.6 is 0 Å². The van der Waals surface area contributed by atoms with Gasteiger partial charge in [0.05, 0.1) is 11.6 Å². The summed E-state index contributed by atoms with van der Waals surface area (Å²) in [5.74, 6) is 0.670. The fourth-order valence-corrected chi connectivity index (χ4v) is 1.15.